The smallest absolute Gasteiger partial charge is 0.416 e. The topological polar surface area (TPSA) is 41.6 Å². The quantitative estimate of drug-likeness (QED) is 0.662. The van der Waals surface area contributed by atoms with Gasteiger partial charge in [0, 0.05) is 25.6 Å². The molecule has 3 rings (SSSR count). The number of nitrogens with one attached hydrogen (secondary N) is 1. The Morgan fingerprint density at radius 2 is 1.90 bits per heavy atom. The Hall–Kier alpha value is -2.54. The number of rotatable bonds is 8. The van der Waals surface area contributed by atoms with Crippen molar-refractivity contribution in [2.75, 3.05) is 13.7 Å². The van der Waals surface area contributed by atoms with Crippen LogP contribution in [0, 0.1) is 0 Å². The minimum Gasteiger partial charge on any atom is -0.497 e. The van der Waals surface area contributed by atoms with Gasteiger partial charge in [0.25, 0.3) is 0 Å². The molecule has 0 bridgehead atoms. The highest BCUT2D eigenvalue weighted by Gasteiger charge is 2.32. The van der Waals surface area contributed by atoms with Gasteiger partial charge in [0.15, 0.2) is 0 Å². The normalized spacial score (nSPS) is 17.0. The van der Waals surface area contributed by atoms with Crippen LogP contribution in [0.3, 0.4) is 0 Å². The maximum atomic E-state index is 12.9. The third kappa shape index (κ3) is 5.73. The Bertz CT molecular complexity index is 822. The zero-order chi connectivity index (χ0) is 20.9. The molecule has 0 unspecified atom stereocenters. The van der Waals surface area contributed by atoms with Crippen LogP contribution in [0.4, 0.5) is 13.2 Å². The van der Waals surface area contributed by atoms with Gasteiger partial charge in [-0.2, -0.15) is 13.2 Å². The van der Waals surface area contributed by atoms with Crippen LogP contribution in [0.5, 0.6) is 5.75 Å². The summed E-state index contributed by atoms with van der Waals surface area (Å²) < 4.78 is 43.9. The molecule has 1 atom stereocenters. The second-order valence-corrected chi connectivity index (χ2v) is 7.23. The first-order valence-corrected chi connectivity index (χ1v) is 9.66. The van der Waals surface area contributed by atoms with E-state index in [0.29, 0.717) is 18.5 Å². The Balaban J connectivity index is 1.52. The van der Waals surface area contributed by atoms with Crippen LogP contribution in [0.2, 0.25) is 0 Å². The molecule has 1 heterocycles. The second-order valence-electron chi connectivity index (χ2n) is 7.23. The second kappa shape index (κ2) is 9.31. The molecule has 4 nitrogen and oxygen atoms in total. The van der Waals surface area contributed by atoms with Crippen molar-refractivity contribution in [2.24, 2.45) is 0 Å². The van der Waals surface area contributed by atoms with E-state index in [4.69, 9.17) is 4.74 Å². The zero-order valence-corrected chi connectivity index (χ0v) is 16.3. The molecule has 156 valence electrons. The maximum Gasteiger partial charge on any atom is 0.416 e. The van der Waals surface area contributed by atoms with Gasteiger partial charge < -0.3 is 15.0 Å². The lowest BCUT2D eigenvalue weighted by Crippen LogP contribution is -2.34. The number of amides is 1. The van der Waals surface area contributed by atoms with Crippen molar-refractivity contribution in [3.63, 3.8) is 0 Å². The van der Waals surface area contributed by atoms with E-state index in [9.17, 15) is 18.0 Å². The van der Waals surface area contributed by atoms with E-state index in [0.717, 1.165) is 42.8 Å². The van der Waals surface area contributed by atoms with Gasteiger partial charge in [-0.1, -0.05) is 24.3 Å². The van der Waals surface area contributed by atoms with E-state index in [1.54, 1.807) is 18.1 Å². The van der Waals surface area contributed by atoms with Crippen LogP contribution in [0.1, 0.15) is 36.0 Å². The predicted octanol–water partition coefficient (Wildman–Crippen LogP) is 4.38. The van der Waals surface area contributed by atoms with Crippen LogP contribution in [-0.4, -0.2) is 30.5 Å². The number of likely N-dealkylation sites (tertiary alicyclic amines) is 1. The van der Waals surface area contributed by atoms with Crippen LogP contribution in [0.15, 0.2) is 48.5 Å². The SMILES string of the molecule is COc1ccc(CNCC[C@@H]2CCC(=O)N2Cc2cccc(C(F)(F)F)c2)cc1. The number of carbonyl (C=O) groups is 1. The number of alkyl halides is 3. The summed E-state index contributed by atoms with van der Waals surface area (Å²) >= 11 is 0. The molecule has 2 aromatic rings. The summed E-state index contributed by atoms with van der Waals surface area (Å²) in [5, 5.41) is 3.37. The van der Waals surface area contributed by atoms with E-state index in [2.05, 4.69) is 5.32 Å². The van der Waals surface area contributed by atoms with E-state index >= 15 is 0 Å². The molecule has 1 saturated heterocycles. The van der Waals surface area contributed by atoms with Gasteiger partial charge in [-0.3, -0.25) is 4.79 Å². The molecule has 1 aliphatic heterocycles. The van der Waals surface area contributed by atoms with Gasteiger partial charge in [0.2, 0.25) is 5.91 Å². The first kappa shape index (κ1) is 21.2. The molecular weight excluding hydrogens is 381 g/mol. The Morgan fingerprint density at radius 1 is 1.14 bits per heavy atom. The van der Waals surface area contributed by atoms with E-state index in [1.165, 1.54) is 6.07 Å². The molecule has 1 N–H and O–H groups in total. The third-order valence-corrected chi connectivity index (χ3v) is 5.20. The van der Waals surface area contributed by atoms with Gasteiger partial charge >= 0.3 is 6.18 Å². The van der Waals surface area contributed by atoms with Crippen molar-refractivity contribution in [1.82, 2.24) is 10.2 Å². The van der Waals surface area contributed by atoms with Crippen LogP contribution in [0.25, 0.3) is 0 Å². The van der Waals surface area contributed by atoms with Gasteiger partial charge in [0.1, 0.15) is 5.75 Å². The fourth-order valence-corrected chi connectivity index (χ4v) is 3.60. The highest BCUT2D eigenvalue weighted by atomic mass is 19.4. The fraction of sp³-hybridized carbons (Fsp3) is 0.409. The number of methoxy groups -OCH3 is 1. The molecule has 29 heavy (non-hydrogen) atoms. The highest BCUT2D eigenvalue weighted by Crippen LogP contribution is 2.31. The third-order valence-electron chi connectivity index (χ3n) is 5.20. The van der Waals surface area contributed by atoms with Crippen molar-refractivity contribution in [2.45, 2.75) is 44.6 Å². The predicted molar refractivity (Wildman–Crippen MR) is 104 cm³/mol. The van der Waals surface area contributed by atoms with Gasteiger partial charge in [-0.25, -0.2) is 0 Å². The lowest BCUT2D eigenvalue weighted by molar-refractivity contribution is -0.137. The Morgan fingerprint density at radius 3 is 2.59 bits per heavy atom. The molecule has 1 amide bonds. The Labute approximate surface area is 168 Å². The van der Waals surface area contributed by atoms with Crippen molar-refractivity contribution in [1.29, 1.82) is 0 Å². The number of nitrogens with zero attached hydrogens (tertiary/aromatic N) is 1. The lowest BCUT2D eigenvalue weighted by atomic mass is 10.1. The average Bonchev–Trinajstić information content (AvgIpc) is 3.05. The van der Waals surface area contributed by atoms with Crippen LogP contribution < -0.4 is 10.1 Å². The van der Waals surface area contributed by atoms with Crippen LogP contribution >= 0.6 is 0 Å². The summed E-state index contributed by atoms with van der Waals surface area (Å²) in [7, 11) is 1.63. The lowest BCUT2D eigenvalue weighted by Gasteiger charge is -2.25. The summed E-state index contributed by atoms with van der Waals surface area (Å²) in [6.45, 7) is 1.65. The van der Waals surface area contributed by atoms with Crippen molar-refractivity contribution < 1.29 is 22.7 Å². The molecule has 0 aliphatic carbocycles. The molecular formula is C22H25F3N2O2. The number of hydrogen-bond acceptors (Lipinski definition) is 3. The summed E-state index contributed by atoms with van der Waals surface area (Å²) in [5.41, 5.74) is 0.958. The first-order valence-electron chi connectivity index (χ1n) is 9.66. The standard InChI is InChI=1S/C22H25F3N2O2/c1-29-20-8-5-16(6-9-20)14-26-12-11-19-7-10-21(28)27(19)15-17-3-2-4-18(13-17)22(23,24)25/h2-6,8-9,13,19,26H,7,10-12,14-15H2,1H3/t19-/m0/s1. The Kier molecular flexibility index (Phi) is 6.79. The number of ether oxygens (including phenoxy) is 1. The first-order chi connectivity index (χ1) is 13.9. The average molecular weight is 406 g/mol. The summed E-state index contributed by atoms with van der Waals surface area (Å²) in [5.74, 6) is 0.811. The van der Waals surface area contributed by atoms with E-state index < -0.39 is 11.7 Å². The van der Waals surface area contributed by atoms with Crippen molar-refractivity contribution >= 4 is 5.91 Å². The van der Waals surface area contributed by atoms with Crippen molar-refractivity contribution in [3.8, 4) is 5.75 Å². The fourth-order valence-electron chi connectivity index (χ4n) is 3.60. The zero-order valence-electron chi connectivity index (χ0n) is 16.3. The largest absolute Gasteiger partial charge is 0.497 e. The van der Waals surface area contributed by atoms with E-state index in [1.807, 2.05) is 24.3 Å². The molecule has 0 radical (unpaired) electrons. The maximum absolute atomic E-state index is 12.9. The number of hydrogen-bond donors (Lipinski definition) is 1. The molecule has 2 aromatic carbocycles. The van der Waals surface area contributed by atoms with Gasteiger partial charge in [0.05, 0.1) is 12.7 Å². The van der Waals surface area contributed by atoms with Crippen LogP contribution in [-0.2, 0) is 24.1 Å². The van der Waals surface area contributed by atoms with E-state index in [-0.39, 0.29) is 18.5 Å². The molecule has 0 spiro atoms. The molecule has 1 aliphatic rings. The summed E-state index contributed by atoms with van der Waals surface area (Å²) in [4.78, 5) is 14.0. The van der Waals surface area contributed by atoms with Gasteiger partial charge in [-0.15, -0.1) is 0 Å². The molecule has 0 aromatic heterocycles. The number of benzene rings is 2. The van der Waals surface area contributed by atoms with Crippen molar-refractivity contribution in [3.05, 3.63) is 65.2 Å². The molecule has 7 heteroatoms. The molecule has 1 fully saturated rings. The number of halogens is 3. The number of carbonyl (C=O) groups excluding carboxylic acids is 1. The highest BCUT2D eigenvalue weighted by molar-refractivity contribution is 5.78. The molecule has 0 saturated carbocycles. The minimum absolute atomic E-state index is 0.00238. The minimum atomic E-state index is -4.38. The summed E-state index contributed by atoms with van der Waals surface area (Å²) in [6.07, 6.45) is -2.43. The summed E-state index contributed by atoms with van der Waals surface area (Å²) in [6, 6.07) is 13.0. The van der Waals surface area contributed by atoms with Gasteiger partial charge in [-0.05, 0) is 54.8 Å². The monoisotopic (exact) mass is 406 g/mol.